The van der Waals surface area contributed by atoms with Crippen molar-refractivity contribution in [3.63, 3.8) is 0 Å². The van der Waals surface area contributed by atoms with Crippen LogP contribution in [0.3, 0.4) is 0 Å². The molecule has 1 saturated heterocycles. The van der Waals surface area contributed by atoms with Crippen LogP contribution in [0.25, 0.3) is 0 Å². The van der Waals surface area contributed by atoms with E-state index in [0.29, 0.717) is 6.61 Å². The zero-order chi connectivity index (χ0) is 12.3. The Hall–Kier alpha value is -0.933. The molecular formula is C14H19FOSi. The molecular weight excluding hydrogens is 231 g/mol. The minimum absolute atomic E-state index is 0.0666. The first-order chi connectivity index (χ1) is 8.09. The average molecular weight is 250 g/mol. The lowest BCUT2D eigenvalue weighted by molar-refractivity contribution is 0.119. The number of ether oxygens (including phenoxy) is 1. The molecule has 1 nitrogen and oxygen atoms in total. The van der Waals surface area contributed by atoms with Crippen molar-refractivity contribution in [3.05, 3.63) is 41.9 Å². The molecule has 1 atom stereocenters. The van der Waals surface area contributed by atoms with Gasteiger partial charge in [-0.2, -0.15) is 0 Å². The van der Waals surface area contributed by atoms with Gasteiger partial charge in [-0.3, -0.25) is 0 Å². The summed E-state index contributed by atoms with van der Waals surface area (Å²) in [4.78, 5) is 0. The third kappa shape index (κ3) is 3.04. The van der Waals surface area contributed by atoms with Crippen LogP contribution in [0.1, 0.15) is 12.8 Å². The van der Waals surface area contributed by atoms with Crippen LogP contribution in [0, 0.1) is 0 Å². The van der Waals surface area contributed by atoms with Crippen LogP contribution in [0.4, 0.5) is 4.39 Å². The Morgan fingerprint density at radius 2 is 2.06 bits per heavy atom. The number of hydrogen-bond donors (Lipinski definition) is 0. The van der Waals surface area contributed by atoms with Crippen LogP contribution in [0.15, 0.2) is 41.9 Å². The van der Waals surface area contributed by atoms with Crippen molar-refractivity contribution in [1.82, 2.24) is 0 Å². The van der Waals surface area contributed by atoms with Crippen molar-refractivity contribution in [2.75, 3.05) is 6.61 Å². The van der Waals surface area contributed by atoms with Gasteiger partial charge in [0, 0.05) is 6.61 Å². The molecule has 1 fully saturated rings. The fourth-order valence-electron chi connectivity index (χ4n) is 2.18. The zero-order valence-corrected chi connectivity index (χ0v) is 11.4. The molecule has 1 heterocycles. The van der Waals surface area contributed by atoms with Gasteiger partial charge in [-0.05, 0) is 12.8 Å². The molecule has 17 heavy (non-hydrogen) atoms. The maximum Gasteiger partial charge on any atom is 0.121 e. The van der Waals surface area contributed by atoms with E-state index in [-0.39, 0.29) is 11.9 Å². The SMILES string of the molecule is C[Si](C)(/C=C(/F)C1CCCO1)c1ccccc1. The van der Waals surface area contributed by atoms with Gasteiger partial charge in [-0.25, -0.2) is 4.39 Å². The summed E-state index contributed by atoms with van der Waals surface area (Å²) in [6.07, 6.45) is 1.51. The predicted octanol–water partition coefficient (Wildman–Crippen LogP) is 3.17. The maximum absolute atomic E-state index is 14.1. The van der Waals surface area contributed by atoms with Gasteiger partial charge < -0.3 is 4.74 Å². The first-order valence-electron chi connectivity index (χ1n) is 6.15. The molecule has 0 saturated carbocycles. The van der Waals surface area contributed by atoms with Crippen molar-refractivity contribution in [1.29, 1.82) is 0 Å². The summed E-state index contributed by atoms with van der Waals surface area (Å²) in [7, 11) is -1.83. The Morgan fingerprint density at radius 3 is 2.65 bits per heavy atom. The fraction of sp³-hybridized carbons (Fsp3) is 0.429. The Morgan fingerprint density at radius 1 is 1.35 bits per heavy atom. The van der Waals surface area contributed by atoms with Crippen LogP contribution in [0.2, 0.25) is 13.1 Å². The van der Waals surface area contributed by atoms with Gasteiger partial charge in [0.25, 0.3) is 0 Å². The molecule has 0 spiro atoms. The minimum Gasteiger partial charge on any atom is -0.371 e. The van der Waals surface area contributed by atoms with E-state index in [2.05, 4.69) is 25.2 Å². The molecule has 2 rings (SSSR count). The molecule has 0 aliphatic carbocycles. The van der Waals surface area contributed by atoms with E-state index in [1.165, 1.54) is 5.19 Å². The third-order valence-corrected chi connectivity index (χ3v) is 6.07. The second kappa shape index (κ2) is 5.15. The van der Waals surface area contributed by atoms with Crippen molar-refractivity contribution in [2.45, 2.75) is 32.0 Å². The molecule has 1 aliphatic heterocycles. The fourth-order valence-corrected chi connectivity index (χ4v) is 4.28. The first-order valence-corrected chi connectivity index (χ1v) is 9.23. The van der Waals surface area contributed by atoms with E-state index in [9.17, 15) is 4.39 Å². The highest BCUT2D eigenvalue weighted by Gasteiger charge is 2.26. The first kappa shape index (κ1) is 12.5. The number of benzene rings is 1. The van der Waals surface area contributed by atoms with Gasteiger partial charge in [0.1, 0.15) is 20.0 Å². The van der Waals surface area contributed by atoms with Crippen LogP contribution in [0.5, 0.6) is 0 Å². The lowest BCUT2D eigenvalue weighted by Gasteiger charge is -2.20. The zero-order valence-electron chi connectivity index (χ0n) is 10.4. The summed E-state index contributed by atoms with van der Waals surface area (Å²) in [6.45, 7) is 5.02. The summed E-state index contributed by atoms with van der Waals surface area (Å²) >= 11 is 0. The standard InChI is InChI=1S/C14H19FOSi/c1-17(2,12-7-4-3-5-8-12)11-13(15)14-9-6-10-16-14/h3-5,7-8,11,14H,6,9-10H2,1-2H3/b13-11+. The molecule has 0 aromatic heterocycles. The van der Waals surface area contributed by atoms with Gasteiger partial charge in [0.05, 0.1) is 0 Å². The van der Waals surface area contributed by atoms with Crippen molar-refractivity contribution in [2.24, 2.45) is 0 Å². The molecule has 0 bridgehead atoms. The molecule has 1 aliphatic rings. The van der Waals surface area contributed by atoms with E-state index in [4.69, 9.17) is 4.74 Å². The van der Waals surface area contributed by atoms with Gasteiger partial charge in [0.15, 0.2) is 0 Å². The van der Waals surface area contributed by atoms with E-state index in [0.717, 1.165) is 12.8 Å². The monoisotopic (exact) mass is 250 g/mol. The number of rotatable bonds is 3. The van der Waals surface area contributed by atoms with Gasteiger partial charge in [-0.1, -0.05) is 54.3 Å². The molecule has 3 heteroatoms. The van der Waals surface area contributed by atoms with Crippen LogP contribution >= 0.6 is 0 Å². The molecule has 92 valence electrons. The maximum atomic E-state index is 14.1. The normalized spacial score (nSPS) is 21.8. The van der Waals surface area contributed by atoms with Crippen molar-refractivity contribution < 1.29 is 9.13 Å². The van der Waals surface area contributed by atoms with Gasteiger partial charge >= 0.3 is 0 Å². The van der Waals surface area contributed by atoms with E-state index >= 15 is 0 Å². The molecule has 1 aromatic rings. The van der Waals surface area contributed by atoms with E-state index in [1.807, 2.05) is 23.9 Å². The Kier molecular flexibility index (Phi) is 3.79. The summed E-state index contributed by atoms with van der Waals surface area (Å²) in [5.74, 6) is -0.0666. The molecule has 0 N–H and O–H groups in total. The predicted molar refractivity (Wildman–Crippen MR) is 71.7 cm³/mol. The number of halogens is 1. The van der Waals surface area contributed by atoms with Gasteiger partial charge in [0.2, 0.25) is 0 Å². The third-order valence-electron chi connectivity index (χ3n) is 3.25. The summed E-state index contributed by atoms with van der Waals surface area (Å²) < 4.78 is 19.4. The largest absolute Gasteiger partial charge is 0.371 e. The molecule has 1 aromatic carbocycles. The highest BCUT2D eigenvalue weighted by atomic mass is 28.3. The number of hydrogen-bond acceptors (Lipinski definition) is 1. The second-order valence-corrected chi connectivity index (χ2v) is 9.43. The van der Waals surface area contributed by atoms with E-state index < -0.39 is 8.07 Å². The Labute approximate surface area is 103 Å². The second-order valence-electron chi connectivity index (χ2n) is 5.12. The molecule has 1 unspecified atom stereocenters. The summed E-state index contributed by atoms with van der Waals surface area (Å²) in [5.41, 5.74) is 1.83. The van der Waals surface area contributed by atoms with Crippen molar-refractivity contribution in [3.8, 4) is 0 Å². The van der Waals surface area contributed by atoms with Crippen LogP contribution in [-0.2, 0) is 4.74 Å². The lowest BCUT2D eigenvalue weighted by Crippen LogP contribution is -2.40. The van der Waals surface area contributed by atoms with Crippen LogP contribution < -0.4 is 5.19 Å². The minimum atomic E-state index is -1.83. The summed E-state index contributed by atoms with van der Waals surface area (Å²) in [6, 6.07) is 10.2. The molecule has 0 radical (unpaired) electrons. The summed E-state index contributed by atoms with van der Waals surface area (Å²) in [5, 5.41) is 1.26. The topological polar surface area (TPSA) is 9.23 Å². The lowest BCUT2D eigenvalue weighted by atomic mass is 10.2. The highest BCUT2D eigenvalue weighted by Crippen LogP contribution is 2.22. The van der Waals surface area contributed by atoms with E-state index in [1.54, 1.807) is 0 Å². The van der Waals surface area contributed by atoms with Gasteiger partial charge in [-0.15, -0.1) is 0 Å². The highest BCUT2D eigenvalue weighted by molar-refractivity contribution is 6.94. The Balaban J connectivity index is 2.18. The Bertz CT molecular complexity index is 394. The molecule has 0 amide bonds. The quantitative estimate of drug-likeness (QED) is 0.749. The smallest absolute Gasteiger partial charge is 0.121 e. The van der Waals surface area contributed by atoms with Crippen molar-refractivity contribution >= 4 is 13.3 Å². The van der Waals surface area contributed by atoms with Crippen LogP contribution in [-0.4, -0.2) is 20.8 Å². The average Bonchev–Trinajstić information content (AvgIpc) is 2.83.